The van der Waals surface area contributed by atoms with Crippen molar-refractivity contribution in [3.63, 3.8) is 0 Å². The lowest BCUT2D eigenvalue weighted by atomic mass is 10.1. The number of hydrogen-bond donors (Lipinski definition) is 2. The van der Waals surface area contributed by atoms with Gasteiger partial charge in [-0.25, -0.2) is 13.4 Å². The molecule has 0 atom stereocenters. The average molecular weight is 244 g/mol. The summed E-state index contributed by atoms with van der Waals surface area (Å²) < 4.78 is 22.5. The number of nitrogen functional groups attached to an aromatic ring is 1. The van der Waals surface area contributed by atoms with E-state index in [0.29, 0.717) is 5.56 Å². The molecule has 0 unspecified atom stereocenters. The third-order valence-electron chi connectivity index (χ3n) is 2.01. The Morgan fingerprint density at radius 2 is 2.19 bits per heavy atom. The fourth-order valence-electron chi connectivity index (χ4n) is 1.14. The summed E-state index contributed by atoms with van der Waals surface area (Å²) in [6, 6.07) is 1.36. The van der Waals surface area contributed by atoms with Gasteiger partial charge in [-0.05, 0) is 18.1 Å². The second kappa shape index (κ2) is 4.48. The van der Waals surface area contributed by atoms with Crippen molar-refractivity contribution in [3.8, 4) is 0 Å². The van der Waals surface area contributed by atoms with Crippen molar-refractivity contribution in [1.29, 1.82) is 0 Å². The summed E-state index contributed by atoms with van der Waals surface area (Å²) >= 11 is 0. The second-order valence-electron chi connectivity index (χ2n) is 3.38. The Bertz CT molecular complexity index is 510. The van der Waals surface area contributed by atoms with Crippen molar-refractivity contribution >= 4 is 21.6 Å². The van der Waals surface area contributed by atoms with Gasteiger partial charge in [0, 0.05) is 18.9 Å². The molecule has 6 nitrogen and oxygen atoms in total. The molecular formula is C9H12N2O4S. The Labute approximate surface area is 93.0 Å². The van der Waals surface area contributed by atoms with E-state index in [1.54, 1.807) is 0 Å². The van der Waals surface area contributed by atoms with Gasteiger partial charge in [0.15, 0.2) is 9.84 Å². The van der Waals surface area contributed by atoms with Crippen LogP contribution in [0.3, 0.4) is 0 Å². The predicted molar refractivity (Wildman–Crippen MR) is 57.7 cm³/mol. The van der Waals surface area contributed by atoms with Crippen LogP contribution < -0.4 is 5.73 Å². The molecule has 0 fully saturated rings. The topological polar surface area (TPSA) is 110 Å². The molecule has 0 saturated carbocycles. The van der Waals surface area contributed by atoms with Gasteiger partial charge in [0.1, 0.15) is 5.82 Å². The molecule has 16 heavy (non-hydrogen) atoms. The van der Waals surface area contributed by atoms with Gasteiger partial charge in [-0.2, -0.15) is 0 Å². The number of anilines is 1. The van der Waals surface area contributed by atoms with E-state index in [4.69, 9.17) is 10.8 Å². The zero-order valence-corrected chi connectivity index (χ0v) is 9.49. The number of pyridine rings is 1. The molecule has 0 aliphatic carbocycles. The summed E-state index contributed by atoms with van der Waals surface area (Å²) in [5.41, 5.74) is 5.96. The zero-order valence-electron chi connectivity index (χ0n) is 8.67. The molecule has 0 amide bonds. The van der Waals surface area contributed by atoms with E-state index in [0.717, 1.165) is 12.5 Å². The van der Waals surface area contributed by atoms with E-state index in [9.17, 15) is 13.2 Å². The Kier molecular flexibility index (Phi) is 3.48. The molecule has 1 heterocycles. The number of sulfone groups is 1. The Hall–Kier alpha value is -1.63. The van der Waals surface area contributed by atoms with Crippen molar-refractivity contribution < 1.29 is 18.3 Å². The van der Waals surface area contributed by atoms with E-state index >= 15 is 0 Å². The minimum absolute atomic E-state index is 0.0436. The van der Waals surface area contributed by atoms with Crippen LogP contribution in [0.4, 0.5) is 5.82 Å². The largest absolute Gasteiger partial charge is 0.481 e. The van der Waals surface area contributed by atoms with Crippen molar-refractivity contribution in [3.05, 3.63) is 17.8 Å². The van der Waals surface area contributed by atoms with Crippen LogP contribution >= 0.6 is 0 Å². The normalized spacial score (nSPS) is 11.3. The number of nitrogens with zero attached hydrogens (tertiary/aromatic N) is 1. The molecule has 0 radical (unpaired) electrons. The van der Waals surface area contributed by atoms with Crippen LogP contribution in [-0.4, -0.2) is 30.7 Å². The van der Waals surface area contributed by atoms with Gasteiger partial charge in [0.05, 0.1) is 4.90 Å². The van der Waals surface area contributed by atoms with Crippen LogP contribution in [-0.2, 0) is 21.1 Å². The minimum Gasteiger partial charge on any atom is -0.481 e. The molecule has 0 aromatic carbocycles. The third kappa shape index (κ3) is 3.20. The van der Waals surface area contributed by atoms with Crippen LogP contribution in [0.15, 0.2) is 17.2 Å². The highest BCUT2D eigenvalue weighted by atomic mass is 32.2. The monoisotopic (exact) mass is 244 g/mol. The molecule has 3 N–H and O–H groups in total. The Balaban J connectivity index is 3.04. The fourth-order valence-corrected chi connectivity index (χ4v) is 1.74. The van der Waals surface area contributed by atoms with E-state index in [-0.39, 0.29) is 23.6 Å². The molecule has 0 bridgehead atoms. The number of rotatable bonds is 4. The smallest absolute Gasteiger partial charge is 0.303 e. The lowest BCUT2D eigenvalue weighted by Gasteiger charge is -2.05. The number of carboxylic acids is 1. The molecule has 0 spiro atoms. The fraction of sp³-hybridized carbons (Fsp3) is 0.333. The molecule has 7 heteroatoms. The summed E-state index contributed by atoms with van der Waals surface area (Å²) in [7, 11) is -3.35. The molecule has 0 saturated heterocycles. The number of nitrogens with two attached hydrogens (primary N) is 1. The SMILES string of the molecule is CS(=O)(=O)c1cnc(N)c(CCC(=O)O)c1. The average Bonchev–Trinajstić information content (AvgIpc) is 2.14. The predicted octanol–water partition coefficient (Wildman–Crippen LogP) is 0.0845. The number of aliphatic carboxylic acids is 1. The third-order valence-corrected chi connectivity index (χ3v) is 3.09. The van der Waals surface area contributed by atoms with Crippen LogP contribution in [0.25, 0.3) is 0 Å². The summed E-state index contributed by atoms with van der Waals surface area (Å²) in [5, 5.41) is 8.52. The second-order valence-corrected chi connectivity index (χ2v) is 5.40. The van der Waals surface area contributed by atoms with E-state index < -0.39 is 15.8 Å². The molecule has 0 aliphatic rings. The van der Waals surface area contributed by atoms with E-state index in [1.165, 1.54) is 6.07 Å². The maximum atomic E-state index is 11.2. The van der Waals surface area contributed by atoms with Gasteiger partial charge in [0.2, 0.25) is 0 Å². The first-order valence-corrected chi connectivity index (χ1v) is 6.36. The van der Waals surface area contributed by atoms with Crippen LogP contribution in [0.1, 0.15) is 12.0 Å². The number of aryl methyl sites for hydroxylation is 1. The molecule has 1 rings (SSSR count). The highest BCUT2D eigenvalue weighted by molar-refractivity contribution is 7.90. The lowest BCUT2D eigenvalue weighted by molar-refractivity contribution is -0.136. The van der Waals surface area contributed by atoms with Crippen LogP contribution in [0.5, 0.6) is 0 Å². The van der Waals surface area contributed by atoms with Gasteiger partial charge in [-0.3, -0.25) is 4.79 Å². The molecule has 1 aromatic heterocycles. The van der Waals surface area contributed by atoms with Gasteiger partial charge in [0.25, 0.3) is 0 Å². The first-order chi connectivity index (χ1) is 7.30. The standard InChI is InChI=1S/C9H12N2O4S/c1-16(14,15)7-4-6(2-3-8(12)13)9(10)11-5-7/h4-5H,2-3H2,1H3,(H2,10,11)(H,12,13). The molecule has 1 aromatic rings. The zero-order chi connectivity index (χ0) is 12.3. The van der Waals surface area contributed by atoms with Crippen molar-refractivity contribution in [1.82, 2.24) is 4.98 Å². The quantitative estimate of drug-likeness (QED) is 0.776. The maximum absolute atomic E-state index is 11.2. The highest BCUT2D eigenvalue weighted by Gasteiger charge is 2.11. The molecule has 88 valence electrons. The Morgan fingerprint density at radius 3 is 2.69 bits per heavy atom. The van der Waals surface area contributed by atoms with Gasteiger partial charge in [-0.15, -0.1) is 0 Å². The number of hydrogen-bond acceptors (Lipinski definition) is 5. The first-order valence-electron chi connectivity index (χ1n) is 4.47. The van der Waals surface area contributed by atoms with Gasteiger partial charge in [-0.1, -0.05) is 0 Å². The minimum atomic E-state index is -3.35. The highest BCUT2D eigenvalue weighted by Crippen LogP contribution is 2.16. The van der Waals surface area contributed by atoms with Crippen LogP contribution in [0.2, 0.25) is 0 Å². The number of carbonyl (C=O) groups is 1. The molecule has 0 aliphatic heterocycles. The summed E-state index contributed by atoms with van der Waals surface area (Å²) in [6.07, 6.45) is 2.27. The van der Waals surface area contributed by atoms with Gasteiger partial charge < -0.3 is 10.8 Å². The number of aromatic nitrogens is 1. The van der Waals surface area contributed by atoms with E-state index in [2.05, 4.69) is 4.98 Å². The number of carboxylic acid groups (broad SMARTS) is 1. The van der Waals surface area contributed by atoms with Crippen molar-refractivity contribution in [2.75, 3.05) is 12.0 Å². The first kappa shape index (κ1) is 12.4. The summed E-state index contributed by atoms with van der Waals surface area (Å²) in [6.45, 7) is 0. The molecular weight excluding hydrogens is 232 g/mol. The summed E-state index contributed by atoms with van der Waals surface area (Å²) in [4.78, 5) is 14.2. The van der Waals surface area contributed by atoms with Gasteiger partial charge >= 0.3 is 5.97 Å². The van der Waals surface area contributed by atoms with E-state index in [1.807, 2.05) is 0 Å². The van der Waals surface area contributed by atoms with Crippen molar-refractivity contribution in [2.45, 2.75) is 17.7 Å². The van der Waals surface area contributed by atoms with Crippen LogP contribution in [0, 0.1) is 0 Å². The van der Waals surface area contributed by atoms with Crippen molar-refractivity contribution in [2.24, 2.45) is 0 Å². The Morgan fingerprint density at radius 1 is 1.56 bits per heavy atom. The summed E-state index contributed by atoms with van der Waals surface area (Å²) in [5.74, 6) is -0.808. The maximum Gasteiger partial charge on any atom is 0.303 e. The lowest BCUT2D eigenvalue weighted by Crippen LogP contribution is -2.05.